The van der Waals surface area contributed by atoms with Crippen LogP contribution < -0.4 is 0 Å². The van der Waals surface area contributed by atoms with Gasteiger partial charge >= 0.3 is 13.1 Å². The van der Waals surface area contributed by atoms with Crippen LogP contribution in [0.2, 0.25) is 6.32 Å². The summed E-state index contributed by atoms with van der Waals surface area (Å²) < 4.78 is 17.9. The van der Waals surface area contributed by atoms with E-state index in [4.69, 9.17) is 14.0 Å². The summed E-state index contributed by atoms with van der Waals surface area (Å²) in [4.78, 5) is 12.3. The van der Waals surface area contributed by atoms with Crippen LogP contribution >= 0.6 is 0 Å². The van der Waals surface area contributed by atoms with E-state index in [2.05, 4.69) is 27.7 Å². The predicted molar refractivity (Wildman–Crippen MR) is 101 cm³/mol. The van der Waals surface area contributed by atoms with Gasteiger partial charge in [-0.05, 0) is 73.5 Å². The zero-order valence-corrected chi connectivity index (χ0v) is 17.3. The topological polar surface area (TPSA) is 44.8 Å². The highest BCUT2D eigenvalue weighted by Gasteiger charge is 2.51. The van der Waals surface area contributed by atoms with Crippen LogP contribution in [-0.2, 0) is 18.8 Å². The monoisotopic (exact) mass is 352 g/mol. The van der Waals surface area contributed by atoms with Crippen molar-refractivity contribution in [2.45, 2.75) is 110 Å². The molecular weight excluding hydrogens is 315 g/mol. The summed E-state index contributed by atoms with van der Waals surface area (Å²) in [6.07, 6.45) is 7.28. The van der Waals surface area contributed by atoms with Gasteiger partial charge in [-0.3, -0.25) is 4.79 Å². The largest absolute Gasteiger partial charge is 0.460 e. The molecule has 0 amide bonds. The van der Waals surface area contributed by atoms with Crippen LogP contribution in [0.15, 0.2) is 0 Å². The number of rotatable bonds is 3. The van der Waals surface area contributed by atoms with E-state index in [-0.39, 0.29) is 30.2 Å². The fourth-order valence-electron chi connectivity index (χ4n) is 3.78. The van der Waals surface area contributed by atoms with Crippen molar-refractivity contribution >= 4 is 13.1 Å². The van der Waals surface area contributed by atoms with E-state index in [0.717, 1.165) is 44.8 Å². The molecule has 0 aromatic carbocycles. The van der Waals surface area contributed by atoms with E-state index in [1.807, 2.05) is 20.8 Å². The molecule has 1 saturated heterocycles. The van der Waals surface area contributed by atoms with E-state index in [0.29, 0.717) is 5.92 Å². The minimum absolute atomic E-state index is 0.0168. The van der Waals surface area contributed by atoms with E-state index >= 15 is 0 Å². The first-order chi connectivity index (χ1) is 11.4. The standard InChI is InChI=1S/C20H37BO4/c1-18(2,3)23-17(22)16-12-8-10-15(11-9-13-16)14-21-24-19(4,5)20(6,7)25-21/h15-16H,8-14H2,1-7H3. The second-order valence-corrected chi connectivity index (χ2v) is 9.88. The molecule has 25 heavy (non-hydrogen) atoms. The SMILES string of the molecule is CC(C)(C)OC(=O)C1CCCC(CB2OC(C)(C)C(C)(C)O2)CCC1. The van der Waals surface area contributed by atoms with Crippen LogP contribution in [0.25, 0.3) is 0 Å². The molecule has 2 fully saturated rings. The summed E-state index contributed by atoms with van der Waals surface area (Å²) in [5, 5.41) is 0. The maximum atomic E-state index is 12.3. The van der Waals surface area contributed by atoms with Crippen molar-refractivity contribution in [1.82, 2.24) is 0 Å². The Hall–Kier alpha value is -0.545. The van der Waals surface area contributed by atoms with Gasteiger partial charge in [0.1, 0.15) is 5.60 Å². The normalized spacial score (nSPS) is 29.8. The van der Waals surface area contributed by atoms with Crippen LogP contribution in [0.3, 0.4) is 0 Å². The molecule has 1 aliphatic carbocycles. The molecule has 1 aliphatic heterocycles. The van der Waals surface area contributed by atoms with Crippen molar-refractivity contribution in [1.29, 1.82) is 0 Å². The molecule has 0 bridgehead atoms. The zero-order valence-electron chi connectivity index (χ0n) is 17.3. The smallest absolute Gasteiger partial charge is 0.458 e. The van der Waals surface area contributed by atoms with Crippen LogP contribution in [-0.4, -0.2) is 29.9 Å². The lowest BCUT2D eigenvalue weighted by Gasteiger charge is -2.32. The van der Waals surface area contributed by atoms with E-state index in [1.165, 1.54) is 0 Å². The Morgan fingerprint density at radius 3 is 1.92 bits per heavy atom. The van der Waals surface area contributed by atoms with Gasteiger partial charge in [0, 0.05) is 0 Å². The Balaban J connectivity index is 1.81. The fourth-order valence-corrected chi connectivity index (χ4v) is 3.78. The number of esters is 1. The van der Waals surface area contributed by atoms with Crippen molar-refractivity contribution in [3.63, 3.8) is 0 Å². The Bertz CT molecular complexity index is 441. The van der Waals surface area contributed by atoms with Crippen LogP contribution in [0.5, 0.6) is 0 Å². The van der Waals surface area contributed by atoms with Crippen molar-refractivity contribution in [3.8, 4) is 0 Å². The number of hydrogen-bond acceptors (Lipinski definition) is 4. The highest BCUT2D eigenvalue weighted by atomic mass is 16.7. The van der Waals surface area contributed by atoms with Crippen molar-refractivity contribution < 1.29 is 18.8 Å². The van der Waals surface area contributed by atoms with Gasteiger partial charge in [-0.25, -0.2) is 0 Å². The van der Waals surface area contributed by atoms with Crippen LogP contribution in [0, 0.1) is 11.8 Å². The third kappa shape index (κ3) is 5.72. The number of carbonyl (C=O) groups is 1. The molecule has 0 aromatic heterocycles. The van der Waals surface area contributed by atoms with E-state index in [1.54, 1.807) is 0 Å². The average molecular weight is 352 g/mol. The molecule has 1 saturated carbocycles. The summed E-state index contributed by atoms with van der Waals surface area (Å²) in [7, 11) is -0.101. The van der Waals surface area contributed by atoms with Gasteiger partial charge in [0.25, 0.3) is 0 Å². The molecular formula is C20H37BO4. The molecule has 0 unspecified atom stereocenters. The maximum absolute atomic E-state index is 12.3. The minimum atomic E-state index is -0.390. The number of ether oxygens (including phenoxy) is 1. The molecule has 5 heteroatoms. The Morgan fingerprint density at radius 2 is 1.48 bits per heavy atom. The second kappa shape index (κ2) is 7.60. The Kier molecular flexibility index (Phi) is 6.31. The molecule has 1 heterocycles. The summed E-state index contributed by atoms with van der Waals surface area (Å²) in [5.74, 6) is 0.670. The zero-order chi connectivity index (χ0) is 18.9. The highest BCUT2D eigenvalue weighted by Crippen LogP contribution is 2.40. The van der Waals surface area contributed by atoms with E-state index < -0.39 is 5.60 Å². The van der Waals surface area contributed by atoms with Crippen molar-refractivity contribution in [2.24, 2.45) is 11.8 Å². The molecule has 0 spiro atoms. The first kappa shape index (κ1) is 20.8. The lowest BCUT2D eigenvalue weighted by atomic mass is 9.72. The Morgan fingerprint density at radius 1 is 1.00 bits per heavy atom. The molecule has 2 rings (SSSR count). The van der Waals surface area contributed by atoms with Gasteiger partial charge in [-0.1, -0.05) is 25.7 Å². The third-order valence-corrected chi connectivity index (χ3v) is 5.90. The van der Waals surface area contributed by atoms with Gasteiger partial charge in [0.2, 0.25) is 0 Å². The highest BCUT2D eigenvalue weighted by molar-refractivity contribution is 6.45. The molecule has 0 N–H and O–H groups in total. The summed E-state index contributed by atoms with van der Waals surface area (Å²) in [5.41, 5.74) is -0.888. The van der Waals surface area contributed by atoms with Gasteiger partial charge < -0.3 is 14.0 Å². The predicted octanol–water partition coefficient (Wildman–Crippen LogP) is 5.01. The molecule has 2 aliphatic rings. The summed E-state index contributed by atoms with van der Waals surface area (Å²) in [6.45, 7) is 14.2. The minimum Gasteiger partial charge on any atom is -0.460 e. The number of hydrogen-bond donors (Lipinski definition) is 0. The molecule has 0 radical (unpaired) electrons. The van der Waals surface area contributed by atoms with Crippen molar-refractivity contribution in [3.05, 3.63) is 0 Å². The van der Waals surface area contributed by atoms with Gasteiger partial charge in [0.05, 0.1) is 17.1 Å². The van der Waals surface area contributed by atoms with Crippen LogP contribution in [0.1, 0.15) is 87.0 Å². The lowest BCUT2D eigenvalue weighted by molar-refractivity contribution is -0.160. The first-order valence-corrected chi connectivity index (χ1v) is 9.98. The quantitative estimate of drug-likeness (QED) is 0.529. The first-order valence-electron chi connectivity index (χ1n) is 9.98. The molecule has 4 nitrogen and oxygen atoms in total. The second-order valence-electron chi connectivity index (χ2n) is 9.88. The van der Waals surface area contributed by atoms with Gasteiger partial charge in [-0.2, -0.15) is 0 Å². The van der Waals surface area contributed by atoms with E-state index in [9.17, 15) is 4.79 Å². The van der Waals surface area contributed by atoms with Gasteiger partial charge in [0.15, 0.2) is 0 Å². The van der Waals surface area contributed by atoms with Gasteiger partial charge in [-0.15, -0.1) is 0 Å². The third-order valence-electron chi connectivity index (χ3n) is 5.90. The van der Waals surface area contributed by atoms with Crippen LogP contribution in [0.4, 0.5) is 0 Å². The van der Waals surface area contributed by atoms with Crippen molar-refractivity contribution in [2.75, 3.05) is 0 Å². The number of carbonyl (C=O) groups excluding carboxylic acids is 1. The molecule has 144 valence electrons. The Labute approximate surface area is 154 Å². The molecule has 0 atom stereocenters. The summed E-state index contributed by atoms with van der Waals surface area (Å²) >= 11 is 0. The fraction of sp³-hybridized carbons (Fsp3) is 0.950. The lowest BCUT2D eigenvalue weighted by Crippen LogP contribution is -2.41. The summed E-state index contributed by atoms with van der Waals surface area (Å²) in [6, 6.07) is 0. The maximum Gasteiger partial charge on any atom is 0.458 e. The molecule has 0 aromatic rings. The average Bonchev–Trinajstić information content (AvgIpc) is 2.58.